The van der Waals surface area contributed by atoms with E-state index in [-0.39, 0.29) is 0 Å². The molecule has 1 amide bonds. The number of methoxy groups -OCH3 is 1. The van der Waals surface area contributed by atoms with E-state index in [1.54, 1.807) is 26.8 Å². The Balaban J connectivity index is 4.28. The molecule has 0 rings (SSSR count). The molecule has 0 aromatic carbocycles. The highest BCUT2D eigenvalue weighted by atomic mass is 16.6. The van der Waals surface area contributed by atoms with Gasteiger partial charge in [-0.25, -0.2) is 9.59 Å². The normalized spacial score (nSPS) is 12.2. The Morgan fingerprint density at radius 3 is 2.27 bits per heavy atom. The van der Waals surface area contributed by atoms with Crippen LogP contribution in [0.3, 0.4) is 0 Å². The van der Waals surface area contributed by atoms with E-state index in [0.717, 1.165) is 7.11 Å². The summed E-state index contributed by atoms with van der Waals surface area (Å²) in [5.74, 6) is -0.830. The molecule has 84 valence electrons. The van der Waals surface area contributed by atoms with Crippen molar-refractivity contribution in [2.45, 2.75) is 32.4 Å². The van der Waals surface area contributed by atoms with Gasteiger partial charge in [0.05, 0.1) is 13.2 Å². The van der Waals surface area contributed by atoms with E-state index in [0.29, 0.717) is 0 Å². The van der Waals surface area contributed by atoms with Gasteiger partial charge < -0.3 is 9.47 Å². The number of amides is 1. The highest BCUT2D eigenvalue weighted by Crippen LogP contribution is 2.06. The molecule has 0 spiro atoms. The van der Waals surface area contributed by atoms with Crippen molar-refractivity contribution in [3.05, 3.63) is 0 Å². The SMILES string of the molecule is COC(=O)[C@H](C#N)NC(=O)OC(C)(C)C. The van der Waals surface area contributed by atoms with Gasteiger partial charge in [0, 0.05) is 0 Å². The largest absolute Gasteiger partial charge is 0.467 e. The molecular weight excluding hydrogens is 200 g/mol. The van der Waals surface area contributed by atoms with Gasteiger partial charge in [-0.2, -0.15) is 5.26 Å². The minimum absolute atomic E-state index is 0.680. The molecular formula is C9H14N2O4. The Hall–Kier alpha value is -1.77. The monoisotopic (exact) mass is 214 g/mol. The molecule has 0 fully saturated rings. The van der Waals surface area contributed by atoms with Crippen LogP contribution in [0.25, 0.3) is 0 Å². The molecule has 1 atom stereocenters. The van der Waals surface area contributed by atoms with Crippen molar-refractivity contribution in [2.24, 2.45) is 0 Å². The molecule has 0 heterocycles. The summed E-state index contributed by atoms with van der Waals surface area (Å²) in [5.41, 5.74) is -0.680. The number of hydrogen-bond donors (Lipinski definition) is 1. The second-order valence-electron chi connectivity index (χ2n) is 3.73. The van der Waals surface area contributed by atoms with Crippen molar-refractivity contribution in [3.8, 4) is 6.07 Å². The van der Waals surface area contributed by atoms with Gasteiger partial charge in [0.1, 0.15) is 5.60 Å². The number of ether oxygens (including phenoxy) is 2. The van der Waals surface area contributed by atoms with Gasteiger partial charge >= 0.3 is 12.1 Å². The summed E-state index contributed by atoms with van der Waals surface area (Å²) in [5, 5.41) is 10.6. The minimum Gasteiger partial charge on any atom is -0.467 e. The topological polar surface area (TPSA) is 88.4 Å². The van der Waals surface area contributed by atoms with Crippen molar-refractivity contribution in [3.63, 3.8) is 0 Å². The quantitative estimate of drug-likeness (QED) is 0.679. The van der Waals surface area contributed by atoms with Crippen LogP contribution in [0.15, 0.2) is 0 Å². The molecule has 0 aromatic rings. The molecule has 0 radical (unpaired) electrons. The van der Waals surface area contributed by atoms with E-state index in [2.05, 4.69) is 10.1 Å². The lowest BCUT2D eigenvalue weighted by molar-refractivity contribution is -0.141. The fourth-order valence-corrected chi connectivity index (χ4v) is 0.687. The van der Waals surface area contributed by atoms with Crippen LogP contribution in [0.2, 0.25) is 0 Å². The predicted molar refractivity (Wildman–Crippen MR) is 50.8 cm³/mol. The fourth-order valence-electron chi connectivity index (χ4n) is 0.687. The average molecular weight is 214 g/mol. The number of carbonyl (C=O) groups is 2. The van der Waals surface area contributed by atoms with Crippen LogP contribution in [-0.4, -0.2) is 30.8 Å². The third-order valence-electron chi connectivity index (χ3n) is 1.23. The zero-order valence-electron chi connectivity index (χ0n) is 9.16. The zero-order valence-corrected chi connectivity index (χ0v) is 9.16. The predicted octanol–water partition coefficient (Wildman–Crippen LogP) is 0.576. The van der Waals surface area contributed by atoms with E-state index in [4.69, 9.17) is 10.00 Å². The van der Waals surface area contributed by atoms with Crippen LogP contribution in [0, 0.1) is 11.3 Å². The fraction of sp³-hybridized carbons (Fsp3) is 0.667. The van der Waals surface area contributed by atoms with Crippen molar-refractivity contribution in [1.29, 1.82) is 5.26 Å². The van der Waals surface area contributed by atoms with Crippen molar-refractivity contribution in [2.75, 3.05) is 7.11 Å². The number of nitriles is 1. The van der Waals surface area contributed by atoms with E-state index < -0.39 is 23.7 Å². The van der Waals surface area contributed by atoms with Crippen molar-refractivity contribution >= 4 is 12.1 Å². The van der Waals surface area contributed by atoms with Crippen molar-refractivity contribution in [1.82, 2.24) is 5.32 Å². The van der Waals surface area contributed by atoms with E-state index in [1.807, 2.05) is 0 Å². The van der Waals surface area contributed by atoms with Crippen LogP contribution in [-0.2, 0) is 14.3 Å². The number of alkyl carbamates (subject to hydrolysis) is 1. The van der Waals surface area contributed by atoms with E-state index >= 15 is 0 Å². The number of hydrogen-bond acceptors (Lipinski definition) is 5. The van der Waals surface area contributed by atoms with Gasteiger partial charge in [-0.15, -0.1) is 0 Å². The molecule has 0 aliphatic rings. The van der Waals surface area contributed by atoms with Gasteiger partial charge in [-0.05, 0) is 20.8 Å². The molecule has 0 aromatic heterocycles. The molecule has 0 saturated carbocycles. The Kier molecular flexibility index (Phi) is 4.58. The summed E-state index contributed by atoms with van der Waals surface area (Å²) in [6.45, 7) is 5.02. The molecule has 6 heteroatoms. The zero-order chi connectivity index (χ0) is 12.1. The van der Waals surface area contributed by atoms with Crippen molar-refractivity contribution < 1.29 is 19.1 Å². The first-order chi connectivity index (χ1) is 6.80. The molecule has 1 N–H and O–H groups in total. The first-order valence-corrected chi connectivity index (χ1v) is 4.27. The molecule has 0 bridgehead atoms. The number of rotatable bonds is 2. The minimum atomic E-state index is -1.34. The third-order valence-corrected chi connectivity index (χ3v) is 1.23. The lowest BCUT2D eigenvalue weighted by atomic mass is 10.2. The maximum Gasteiger partial charge on any atom is 0.409 e. The summed E-state index contributed by atoms with van der Waals surface area (Å²) in [6, 6.07) is 0.240. The molecule has 6 nitrogen and oxygen atoms in total. The first kappa shape index (κ1) is 13.2. The molecule has 0 unspecified atom stereocenters. The summed E-state index contributed by atoms with van der Waals surface area (Å²) >= 11 is 0. The number of carbonyl (C=O) groups excluding carboxylic acids is 2. The molecule has 15 heavy (non-hydrogen) atoms. The molecule has 0 aliphatic carbocycles. The summed E-state index contributed by atoms with van der Waals surface area (Å²) in [4.78, 5) is 22.1. The average Bonchev–Trinajstić information content (AvgIpc) is 2.10. The van der Waals surface area contributed by atoms with Crippen LogP contribution in [0.4, 0.5) is 4.79 Å². The van der Waals surface area contributed by atoms with Crippen LogP contribution in [0.5, 0.6) is 0 Å². The number of nitrogens with one attached hydrogen (secondary N) is 1. The Bertz CT molecular complexity index is 287. The van der Waals surface area contributed by atoms with Gasteiger partial charge in [-0.1, -0.05) is 0 Å². The lowest BCUT2D eigenvalue weighted by Crippen LogP contribution is -2.43. The summed E-state index contributed by atoms with van der Waals surface area (Å²) < 4.78 is 9.16. The second kappa shape index (κ2) is 5.20. The maximum absolute atomic E-state index is 11.2. The van der Waals surface area contributed by atoms with Gasteiger partial charge in [-0.3, -0.25) is 5.32 Å². The smallest absolute Gasteiger partial charge is 0.409 e. The molecule has 0 aliphatic heterocycles. The highest BCUT2D eigenvalue weighted by Gasteiger charge is 2.24. The number of nitrogens with zero attached hydrogens (tertiary/aromatic N) is 1. The lowest BCUT2D eigenvalue weighted by Gasteiger charge is -2.20. The maximum atomic E-state index is 11.2. The van der Waals surface area contributed by atoms with Gasteiger partial charge in [0.25, 0.3) is 0 Å². The van der Waals surface area contributed by atoms with Gasteiger partial charge in [0.2, 0.25) is 6.04 Å². The summed E-state index contributed by atoms with van der Waals surface area (Å²) in [6.07, 6.45) is -0.834. The Morgan fingerprint density at radius 2 is 1.93 bits per heavy atom. The van der Waals surface area contributed by atoms with Crippen LogP contribution < -0.4 is 5.32 Å². The second-order valence-corrected chi connectivity index (χ2v) is 3.73. The Labute approximate surface area is 88.2 Å². The third kappa shape index (κ3) is 5.52. The first-order valence-electron chi connectivity index (χ1n) is 4.27. The van der Waals surface area contributed by atoms with E-state index in [1.165, 1.54) is 0 Å². The van der Waals surface area contributed by atoms with Gasteiger partial charge in [0.15, 0.2) is 0 Å². The number of esters is 1. The van der Waals surface area contributed by atoms with E-state index in [9.17, 15) is 9.59 Å². The van der Waals surface area contributed by atoms with Crippen LogP contribution >= 0.6 is 0 Å². The Morgan fingerprint density at radius 1 is 1.40 bits per heavy atom. The standard InChI is InChI=1S/C9H14N2O4/c1-9(2,3)15-8(13)11-6(5-10)7(12)14-4/h6H,1-4H3,(H,11,13)/t6-/m0/s1. The molecule has 0 saturated heterocycles. The highest BCUT2D eigenvalue weighted by molar-refractivity contribution is 5.83. The summed E-state index contributed by atoms with van der Waals surface area (Å²) in [7, 11) is 1.13. The van der Waals surface area contributed by atoms with Crippen LogP contribution in [0.1, 0.15) is 20.8 Å².